The number of rotatable bonds is 4. The van der Waals surface area contributed by atoms with Crippen LogP contribution in [0.1, 0.15) is 32.1 Å². The SMILES string of the molecule is CCCN1C(=S)SC(C)(C)[C@H]1/[N+]([O-])=C/c1cccs1. The van der Waals surface area contributed by atoms with Gasteiger partial charge in [-0.2, -0.15) is 4.74 Å². The molecule has 2 rings (SSSR count). The fourth-order valence-corrected chi connectivity index (χ4v) is 4.84. The fraction of sp³-hybridized carbons (Fsp3) is 0.538. The van der Waals surface area contributed by atoms with Crippen LogP contribution in [-0.4, -0.2) is 37.6 Å². The Morgan fingerprint density at radius 2 is 2.32 bits per heavy atom. The molecular weight excluding hydrogens is 296 g/mol. The van der Waals surface area contributed by atoms with E-state index in [1.54, 1.807) is 29.3 Å². The predicted octanol–water partition coefficient (Wildman–Crippen LogP) is 3.53. The van der Waals surface area contributed by atoms with E-state index < -0.39 is 0 Å². The van der Waals surface area contributed by atoms with Gasteiger partial charge in [0.15, 0.2) is 6.21 Å². The van der Waals surface area contributed by atoms with E-state index in [1.165, 1.54) is 0 Å². The highest BCUT2D eigenvalue weighted by atomic mass is 32.2. The molecule has 0 N–H and O–H groups in total. The molecule has 0 aromatic carbocycles. The molecule has 1 saturated heterocycles. The van der Waals surface area contributed by atoms with Crippen molar-refractivity contribution in [3.8, 4) is 0 Å². The van der Waals surface area contributed by atoms with Gasteiger partial charge in [0.1, 0.15) is 9.07 Å². The molecule has 6 heteroatoms. The van der Waals surface area contributed by atoms with Crippen LogP contribution in [0.5, 0.6) is 0 Å². The third-order valence-corrected chi connectivity index (χ3v) is 5.44. The second-order valence-electron chi connectivity index (χ2n) is 5.04. The number of hydrogen-bond acceptors (Lipinski definition) is 4. The van der Waals surface area contributed by atoms with Crippen molar-refractivity contribution in [2.24, 2.45) is 0 Å². The van der Waals surface area contributed by atoms with Crippen LogP contribution in [-0.2, 0) is 0 Å². The van der Waals surface area contributed by atoms with Gasteiger partial charge in [0, 0.05) is 6.54 Å². The number of hydroxylamine groups is 1. The summed E-state index contributed by atoms with van der Waals surface area (Å²) >= 11 is 8.60. The van der Waals surface area contributed by atoms with Gasteiger partial charge < -0.3 is 5.21 Å². The number of thiophene rings is 1. The van der Waals surface area contributed by atoms with Crippen molar-refractivity contribution in [2.45, 2.75) is 38.1 Å². The van der Waals surface area contributed by atoms with Crippen LogP contribution in [0.4, 0.5) is 0 Å². The van der Waals surface area contributed by atoms with Gasteiger partial charge in [-0.25, -0.2) is 0 Å². The summed E-state index contributed by atoms with van der Waals surface area (Å²) < 4.78 is 1.70. The number of thioether (sulfide) groups is 1. The summed E-state index contributed by atoms with van der Waals surface area (Å²) in [4.78, 5) is 3.03. The lowest BCUT2D eigenvalue weighted by molar-refractivity contribution is -0.523. The van der Waals surface area contributed by atoms with Gasteiger partial charge in [0.05, 0.1) is 4.88 Å². The molecule has 1 aromatic rings. The van der Waals surface area contributed by atoms with E-state index in [9.17, 15) is 5.21 Å². The summed E-state index contributed by atoms with van der Waals surface area (Å²) in [5.74, 6) is 0. The second kappa shape index (κ2) is 5.81. The molecule has 2 heterocycles. The quantitative estimate of drug-likeness (QED) is 0.279. The Bertz CT molecular complexity index is 482. The van der Waals surface area contributed by atoms with Crippen molar-refractivity contribution in [1.29, 1.82) is 0 Å². The Kier molecular flexibility index (Phi) is 4.53. The summed E-state index contributed by atoms with van der Waals surface area (Å²) in [6, 6.07) is 3.90. The molecule has 1 fully saturated rings. The van der Waals surface area contributed by atoms with E-state index >= 15 is 0 Å². The van der Waals surface area contributed by atoms with Crippen molar-refractivity contribution in [3.05, 3.63) is 27.6 Å². The molecule has 0 bridgehead atoms. The van der Waals surface area contributed by atoms with Gasteiger partial charge in [0.25, 0.3) is 6.17 Å². The van der Waals surface area contributed by atoms with E-state index in [0.717, 1.165) is 26.9 Å². The van der Waals surface area contributed by atoms with E-state index in [2.05, 4.69) is 25.7 Å². The lowest BCUT2D eigenvalue weighted by atomic mass is 10.1. The zero-order valence-electron chi connectivity index (χ0n) is 11.3. The first-order valence-electron chi connectivity index (χ1n) is 6.29. The maximum Gasteiger partial charge on any atom is 0.254 e. The Morgan fingerprint density at radius 3 is 2.89 bits per heavy atom. The average molecular weight is 315 g/mol. The Morgan fingerprint density at radius 1 is 1.58 bits per heavy atom. The molecule has 0 unspecified atom stereocenters. The van der Waals surface area contributed by atoms with Crippen LogP contribution in [0.15, 0.2) is 17.5 Å². The first-order chi connectivity index (χ1) is 8.95. The lowest BCUT2D eigenvalue weighted by Crippen LogP contribution is -2.48. The van der Waals surface area contributed by atoms with Crippen molar-refractivity contribution in [1.82, 2.24) is 4.90 Å². The highest BCUT2D eigenvalue weighted by Gasteiger charge is 2.49. The highest BCUT2D eigenvalue weighted by molar-refractivity contribution is 8.24. The van der Waals surface area contributed by atoms with Crippen LogP contribution < -0.4 is 0 Å². The summed E-state index contributed by atoms with van der Waals surface area (Å²) in [5, 5.41) is 14.5. The zero-order chi connectivity index (χ0) is 14.0. The van der Waals surface area contributed by atoms with Crippen molar-refractivity contribution in [2.75, 3.05) is 6.54 Å². The predicted molar refractivity (Wildman–Crippen MR) is 88.2 cm³/mol. The Labute approximate surface area is 127 Å². The molecule has 0 aliphatic carbocycles. The van der Waals surface area contributed by atoms with E-state index in [4.69, 9.17) is 12.2 Å². The van der Waals surface area contributed by atoms with Crippen molar-refractivity contribution < 1.29 is 4.74 Å². The first kappa shape index (κ1) is 14.8. The third kappa shape index (κ3) is 3.12. The molecule has 0 amide bonds. The van der Waals surface area contributed by atoms with Crippen LogP contribution in [0, 0.1) is 5.21 Å². The molecule has 1 aromatic heterocycles. The third-order valence-electron chi connectivity index (χ3n) is 3.01. The van der Waals surface area contributed by atoms with Gasteiger partial charge in [-0.3, -0.25) is 4.90 Å². The standard InChI is InChI=1S/C13H18N2OS3/c1-4-7-14-11(13(2,3)19-12(14)17)15(16)9-10-6-5-8-18-10/h5-6,8-9,11H,4,7H2,1-3H3/b15-9-/t11-/m1/s1. The van der Waals surface area contributed by atoms with E-state index in [1.807, 2.05) is 17.5 Å². The highest BCUT2D eigenvalue weighted by Crippen LogP contribution is 2.41. The largest absolute Gasteiger partial charge is 0.622 e. The molecule has 0 spiro atoms. The maximum atomic E-state index is 12.5. The molecule has 0 saturated carbocycles. The minimum Gasteiger partial charge on any atom is -0.622 e. The summed E-state index contributed by atoms with van der Waals surface area (Å²) in [5.41, 5.74) is 0. The first-order valence-corrected chi connectivity index (χ1v) is 8.39. The molecule has 1 atom stereocenters. The Balaban J connectivity index is 2.30. The van der Waals surface area contributed by atoms with E-state index in [0.29, 0.717) is 0 Å². The molecular formula is C13H18N2OS3. The maximum absolute atomic E-state index is 12.5. The van der Waals surface area contributed by atoms with Crippen LogP contribution >= 0.6 is 35.3 Å². The second-order valence-corrected chi connectivity index (χ2v) is 8.31. The van der Waals surface area contributed by atoms with Gasteiger partial charge in [0.2, 0.25) is 0 Å². The topological polar surface area (TPSA) is 29.3 Å². The zero-order valence-corrected chi connectivity index (χ0v) is 13.8. The number of hydrogen-bond donors (Lipinski definition) is 0. The van der Waals surface area contributed by atoms with Gasteiger partial charge in [-0.1, -0.05) is 37.0 Å². The fourth-order valence-electron chi connectivity index (χ4n) is 2.27. The Hall–Kier alpha value is -0.590. The van der Waals surface area contributed by atoms with Gasteiger partial charge in [-0.15, -0.1) is 11.3 Å². The summed E-state index contributed by atoms with van der Waals surface area (Å²) in [6.45, 7) is 7.10. The molecule has 3 nitrogen and oxygen atoms in total. The van der Waals surface area contributed by atoms with Gasteiger partial charge in [-0.05, 0) is 31.7 Å². The van der Waals surface area contributed by atoms with Crippen molar-refractivity contribution >= 4 is 45.9 Å². The molecule has 1 aliphatic rings. The lowest BCUT2D eigenvalue weighted by Gasteiger charge is -2.29. The molecule has 19 heavy (non-hydrogen) atoms. The van der Waals surface area contributed by atoms with E-state index in [-0.39, 0.29) is 10.9 Å². The molecule has 0 radical (unpaired) electrons. The van der Waals surface area contributed by atoms with Crippen LogP contribution in [0.25, 0.3) is 0 Å². The minimum absolute atomic E-state index is 0.193. The monoisotopic (exact) mass is 314 g/mol. The minimum atomic E-state index is -0.230. The van der Waals surface area contributed by atoms with Crippen LogP contribution in [0.2, 0.25) is 0 Å². The smallest absolute Gasteiger partial charge is 0.254 e. The average Bonchev–Trinajstić information content (AvgIpc) is 2.86. The number of thiocarbonyl (C=S) groups is 1. The molecule has 1 aliphatic heterocycles. The molecule has 104 valence electrons. The summed E-state index contributed by atoms with van der Waals surface area (Å²) in [7, 11) is 0. The van der Waals surface area contributed by atoms with Crippen LogP contribution in [0.3, 0.4) is 0 Å². The van der Waals surface area contributed by atoms with Crippen molar-refractivity contribution in [3.63, 3.8) is 0 Å². The normalized spacial score (nSPS) is 23.1. The summed E-state index contributed by atoms with van der Waals surface area (Å²) in [6.07, 6.45) is 2.43. The van der Waals surface area contributed by atoms with Gasteiger partial charge >= 0.3 is 0 Å². The number of nitrogens with zero attached hydrogens (tertiary/aromatic N) is 2.